The Morgan fingerprint density at radius 2 is 2.04 bits per heavy atom. The van der Waals surface area contributed by atoms with E-state index >= 15 is 0 Å². The molecule has 0 amide bonds. The van der Waals surface area contributed by atoms with Crippen molar-refractivity contribution in [3.05, 3.63) is 20.8 Å². The molecule has 1 fully saturated rings. The van der Waals surface area contributed by atoms with E-state index in [0.29, 0.717) is 0 Å². The summed E-state index contributed by atoms with van der Waals surface area (Å²) in [6.07, 6.45) is -6.27. The molecular weight excluding hydrogens is 365 g/mol. The molecule has 4 atom stereocenters. The van der Waals surface area contributed by atoms with E-state index in [2.05, 4.69) is 19.5 Å². The molecule has 0 spiro atoms. The Kier molecular flexibility index (Phi) is 4.28. The maximum Gasteiger partial charge on any atom is 0.470 e. The van der Waals surface area contributed by atoms with E-state index in [9.17, 15) is 24.4 Å². The Balaban J connectivity index is 2.10. The molecule has 1 aliphatic rings. The summed E-state index contributed by atoms with van der Waals surface area (Å²) in [5.41, 5.74) is 3.31. The lowest BCUT2D eigenvalue weighted by molar-refractivity contribution is -0.0523. The van der Waals surface area contributed by atoms with Gasteiger partial charge in [-0.3, -0.25) is 19.3 Å². The zero-order chi connectivity index (χ0) is 18.5. The maximum absolute atomic E-state index is 12.1. The van der Waals surface area contributed by atoms with Crippen molar-refractivity contribution in [3.63, 3.8) is 0 Å². The second kappa shape index (κ2) is 6.03. The van der Waals surface area contributed by atoms with Crippen LogP contribution < -0.4 is 17.0 Å². The molecule has 2 aromatic heterocycles. The highest BCUT2D eigenvalue weighted by atomic mass is 31.2. The van der Waals surface area contributed by atoms with Crippen LogP contribution in [-0.2, 0) is 13.8 Å². The molecule has 0 bridgehead atoms. The van der Waals surface area contributed by atoms with Crippen molar-refractivity contribution in [2.45, 2.75) is 24.5 Å². The number of imidazole rings is 1. The number of H-pyrrole nitrogens is 2. The van der Waals surface area contributed by atoms with E-state index in [4.69, 9.17) is 20.3 Å². The van der Waals surface area contributed by atoms with Crippen molar-refractivity contribution in [3.8, 4) is 0 Å². The number of ether oxygens (including phenoxy) is 1. The van der Waals surface area contributed by atoms with Crippen molar-refractivity contribution in [2.75, 3.05) is 12.3 Å². The molecule has 8 N–H and O–H groups in total. The molecule has 0 saturated carbocycles. The smallest absolute Gasteiger partial charge is 0.394 e. The molecule has 138 valence electrons. The van der Waals surface area contributed by atoms with Crippen LogP contribution in [0.5, 0.6) is 0 Å². The fraction of sp³-hybridized carbons (Fsp3) is 0.500. The lowest BCUT2D eigenvalue weighted by Crippen LogP contribution is -2.36. The van der Waals surface area contributed by atoms with E-state index in [-0.39, 0.29) is 17.1 Å². The lowest BCUT2D eigenvalue weighted by Gasteiger charge is -2.19. The third-order valence-corrected chi connectivity index (χ3v) is 4.12. The number of hydrogen-bond donors (Lipinski definition) is 7. The average molecular weight is 379 g/mol. The second-order valence-electron chi connectivity index (χ2n) is 5.25. The van der Waals surface area contributed by atoms with Crippen molar-refractivity contribution in [1.29, 1.82) is 0 Å². The number of anilines is 1. The van der Waals surface area contributed by atoms with E-state index < -0.39 is 50.2 Å². The van der Waals surface area contributed by atoms with Crippen LogP contribution in [0.15, 0.2) is 9.59 Å². The minimum atomic E-state index is -5.02. The van der Waals surface area contributed by atoms with Gasteiger partial charge in [-0.05, 0) is 0 Å². The second-order valence-corrected chi connectivity index (χ2v) is 6.44. The van der Waals surface area contributed by atoms with Gasteiger partial charge in [-0.25, -0.2) is 13.9 Å². The number of aromatic amines is 2. The number of nitrogens with two attached hydrogens (primary N) is 1. The molecule has 15 heteroatoms. The Morgan fingerprint density at radius 3 is 2.64 bits per heavy atom. The van der Waals surface area contributed by atoms with Gasteiger partial charge in [0.1, 0.15) is 18.3 Å². The predicted molar refractivity (Wildman–Crippen MR) is 79.3 cm³/mol. The number of fused-ring (bicyclic) bond motifs is 1. The molecule has 0 aliphatic carbocycles. The van der Waals surface area contributed by atoms with Crippen molar-refractivity contribution in [1.82, 2.24) is 19.5 Å². The Hall–Kier alpha value is -2.06. The topological polar surface area (TPSA) is 226 Å². The summed E-state index contributed by atoms with van der Waals surface area (Å²) in [6, 6.07) is 0. The third kappa shape index (κ3) is 3.11. The first-order chi connectivity index (χ1) is 11.6. The van der Waals surface area contributed by atoms with Gasteiger partial charge >= 0.3 is 13.5 Å². The van der Waals surface area contributed by atoms with Crippen LogP contribution in [0, 0.1) is 0 Å². The fourth-order valence-electron chi connectivity index (χ4n) is 2.63. The average Bonchev–Trinajstić information content (AvgIpc) is 2.96. The van der Waals surface area contributed by atoms with Crippen molar-refractivity contribution < 1.29 is 33.8 Å². The zero-order valence-electron chi connectivity index (χ0n) is 12.3. The van der Waals surface area contributed by atoms with Crippen LogP contribution in [0.4, 0.5) is 5.95 Å². The van der Waals surface area contributed by atoms with E-state index in [1.807, 2.05) is 0 Å². The standard InChI is InChI=1S/C10H14N5O9P/c11-9-13-6-3(7(18)14-9)12-10(19)15(6)8-4(17)5(2(1-16)23-8)24-25(20,21)22/h2,4-5,8,16-17H,1H2,(H,12,19)(H2,20,21,22)(H3,11,13,14,18)/t2-,4-,5-,8-/m1/s1. The Labute approximate surface area is 137 Å². The first-order valence-corrected chi connectivity index (χ1v) is 8.33. The minimum Gasteiger partial charge on any atom is -0.394 e. The van der Waals surface area contributed by atoms with E-state index in [1.54, 1.807) is 0 Å². The molecule has 0 aromatic carbocycles. The van der Waals surface area contributed by atoms with E-state index in [0.717, 1.165) is 4.57 Å². The van der Waals surface area contributed by atoms with Gasteiger partial charge in [0.05, 0.1) is 6.61 Å². The monoisotopic (exact) mass is 379 g/mol. The predicted octanol–water partition coefficient (Wildman–Crippen LogP) is -3.28. The van der Waals surface area contributed by atoms with Crippen LogP contribution in [0.3, 0.4) is 0 Å². The summed E-state index contributed by atoms with van der Waals surface area (Å²) in [4.78, 5) is 50.0. The minimum absolute atomic E-state index is 0.241. The molecule has 25 heavy (non-hydrogen) atoms. The summed E-state index contributed by atoms with van der Waals surface area (Å²) in [7, 11) is -5.02. The van der Waals surface area contributed by atoms with Gasteiger partial charge in [0, 0.05) is 0 Å². The quantitative estimate of drug-likeness (QED) is 0.261. The largest absolute Gasteiger partial charge is 0.470 e. The molecule has 1 aliphatic heterocycles. The summed E-state index contributed by atoms with van der Waals surface area (Å²) in [5.74, 6) is -0.306. The lowest BCUT2D eigenvalue weighted by atomic mass is 10.1. The fourth-order valence-corrected chi connectivity index (χ4v) is 3.21. The van der Waals surface area contributed by atoms with Gasteiger partial charge in [0.25, 0.3) is 5.56 Å². The normalized spacial score (nSPS) is 27.2. The SMILES string of the molecule is Nc1nc2c([nH]c(=O)n2[C@@H]2O[C@H](CO)[C@@H](OP(=O)(O)O)[C@H]2O)c(=O)[nH]1. The highest BCUT2D eigenvalue weighted by molar-refractivity contribution is 7.46. The summed E-state index contributed by atoms with van der Waals surface area (Å²) >= 11 is 0. The Bertz CT molecular complexity index is 960. The third-order valence-electron chi connectivity index (χ3n) is 3.60. The first-order valence-electron chi connectivity index (χ1n) is 6.80. The molecule has 1 saturated heterocycles. The van der Waals surface area contributed by atoms with Gasteiger partial charge in [0.15, 0.2) is 17.4 Å². The summed E-state index contributed by atoms with van der Waals surface area (Å²) in [5, 5.41) is 19.6. The molecule has 14 nitrogen and oxygen atoms in total. The van der Waals surface area contributed by atoms with Crippen LogP contribution in [0.2, 0.25) is 0 Å². The van der Waals surface area contributed by atoms with Gasteiger partial charge in [-0.2, -0.15) is 4.98 Å². The van der Waals surface area contributed by atoms with Crippen LogP contribution >= 0.6 is 7.82 Å². The van der Waals surface area contributed by atoms with Gasteiger partial charge in [0.2, 0.25) is 5.95 Å². The number of aromatic nitrogens is 4. The number of aliphatic hydroxyl groups excluding tert-OH is 2. The maximum atomic E-state index is 12.1. The number of phosphoric acid groups is 1. The number of phosphoric ester groups is 1. The first kappa shape index (κ1) is 17.8. The molecule has 3 heterocycles. The highest BCUT2D eigenvalue weighted by Gasteiger charge is 2.49. The molecule has 3 rings (SSSR count). The number of nitrogen functional groups attached to an aromatic ring is 1. The van der Waals surface area contributed by atoms with Crippen molar-refractivity contribution in [2.24, 2.45) is 0 Å². The summed E-state index contributed by atoms with van der Waals surface area (Å²) < 4.78 is 21.5. The van der Waals surface area contributed by atoms with Gasteiger partial charge in [-0.15, -0.1) is 0 Å². The molecular formula is C10H14N5O9P. The van der Waals surface area contributed by atoms with Crippen molar-refractivity contribution >= 4 is 24.9 Å². The van der Waals surface area contributed by atoms with Crippen LogP contribution in [-0.4, -0.2) is 64.4 Å². The number of hydrogen-bond acceptors (Lipinski definition) is 9. The number of rotatable bonds is 4. The number of aliphatic hydroxyl groups is 2. The number of nitrogens with zero attached hydrogens (tertiary/aromatic N) is 2. The van der Waals surface area contributed by atoms with Crippen LogP contribution in [0.1, 0.15) is 6.23 Å². The Morgan fingerprint density at radius 1 is 1.36 bits per heavy atom. The highest BCUT2D eigenvalue weighted by Crippen LogP contribution is 2.43. The summed E-state index contributed by atoms with van der Waals surface area (Å²) in [6.45, 7) is -0.758. The molecule has 2 aromatic rings. The van der Waals surface area contributed by atoms with E-state index in [1.165, 1.54) is 0 Å². The molecule has 0 radical (unpaired) electrons. The zero-order valence-corrected chi connectivity index (χ0v) is 13.2. The molecule has 0 unspecified atom stereocenters. The number of nitrogens with one attached hydrogen (secondary N) is 2. The van der Waals surface area contributed by atoms with Gasteiger partial charge in [-0.1, -0.05) is 0 Å². The van der Waals surface area contributed by atoms with Crippen LogP contribution in [0.25, 0.3) is 11.2 Å². The van der Waals surface area contributed by atoms with Gasteiger partial charge < -0.3 is 30.5 Å².